The van der Waals surface area contributed by atoms with Gasteiger partial charge in [-0.05, 0) is 6.08 Å². The van der Waals surface area contributed by atoms with Gasteiger partial charge in [0.25, 0.3) is 5.70 Å². The number of rotatable bonds is 2. The van der Waals surface area contributed by atoms with E-state index in [2.05, 4.69) is 11.8 Å². The number of nitrogens with zero attached hydrogens (tertiary/aromatic N) is 1. The van der Waals surface area contributed by atoms with Crippen molar-refractivity contribution in [3.8, 4) is 11.8 Å². The molecule has 1 rings (SSSR count). The molecule has 0 saturated carbocycles. The molecule has 0 aromatic carbocycles. The third-order valence-electron chi connectivity index (χ3n) is 1.43. The molecule has 13 heavy (non-hydrogen) atoms. The van der Waals surface area contributed by atoms with Gasteiger partial charge in [-0.3, -0.25) is 14.9 Å². The summed E-state index contributed by atoms with van der Waals surface area (Å²) in [4.78, 5) is 20.3. The molecule has 0 spiro atoms. The predicted octanol–water partition coefficient (Wildman–Crippen LogP) is 0.897. The minimum Gasteiger partial charge on any atom is -0.298 e. The van der Waals surface area contributed by atoms with Crippen molar-refractivity contribution in [2.45, 2.75) is 5.38 Å². The van der Waals surface area contributed by atoms with Crippen molar-refractivity contribution in [3.05, 3.63) is 33.5 Å². The van der Waals surface area contributed by atoms with Crippen LogP contribution in [0, 0.1) is 22.0 Å². The molecule has 5 heteroatoms. The Morgan fingerprint density at radius 1 is 1.69 bits per heavy atom. The van der Waals surface area contributed by atoms with Crippen LogP contribution in [0.4, 0.5) is 0 Å². The lowest BCUT2D eigenvalue weighted by atomic mass is 10.1. The summed E-state index contributed by atoms with van der Waals surface area (Å²) in [6.45, 7) is 0. The van der Waals surface area contributed by atoms with Gasteiger partial charge < -0.3 is 0 Å². The van der Waals surface area contributed by atoms with Crippen LogP contribution in [0.2, 0.25) is 0 Å². The number of allylic oxidation sites excluding steroid dienone is 3. The highest BCUT2D eigenvalue weighted by Gasteiger charge is 2.21. The van der Waals surface area contributed by atoms with Crippen LogP contribution >= 0.6 is 11.6 Å². The lowest BCUT2D eigenvalue weighted by Gasteiger charge is -1.98. The second kappa shape index (κ2) is 3.87. The Hall–Kier alpha value is -1.60. The molecule has 1 unspecified atom stereocenters. The quantitative estimate of drug-likeness (QED) is 0.217. The van der Waals surface area contributed by atoms with Crippen molar-refractivity contribution in [1.29, 1.82) is 0 Å². The molecule has 4 nitrogen and oxygen atoms in total. The molecule has 0 saturated heterocycles. The molecule has 0 aromatic rings. The highest BCUT2D eigenvalue weighted by Crippen LogP contribution is 2.15. The molecular formula is C8H4ClNO3. The average molecular weight is 198 g/mol. The van der Waals surface area contributed by atoms with Gasteiger partial charge >= 0.3 is 0 Å². The molecule has 1 aliphatic carbocycles. The van der Waals surface area contributed by atoms with E-state index in [9.17, 15) is 14.9 Å². The molecule has 0 radical (unpaired) electrons. The summed E-state index contributed by atoms with van der Waals surface area (Å²) < 4.78 is 0. The van der Waals surface area contributed by atoms with Crippen LogP contribution in [0.25, 0.3) is 0 Å². The van der Waals surface area contributed by atoms with E-state index in [-0.39, 0.29) is 11.3 Å². The summed E-state index contributed by atoms with van der Waals surface area (Å²) in [7, 11) is 0. The first-order chi connectivity index (χ1) is 6.16. The summed E-state index contributed by atoms with van der Waals surface area (Å²) in [6.07, 6.45) is 2.82. The van der Waals surface area contributed by atoms with Crippen LogP contribution in [0.1, 0.15) is 0 Å². The number of aldehydes is 1. The second-order valence-electron chi connectivity index (χ2n) is 2.20. The first kappa shape index (κ1) is 9.49. The highest BCUT2D eigenvalue weighted by molar-refractivity contribution is 6.26. The summed E-state index contributed by atoms with van der Waals surface area (Å²) in [6, 6.07) is 0. The average Bonchev–Trinajstić information content (AvgIpc) is 2.26. The zero-order valence-electron chi connectivity index (χ0n) is 6.36. The highest BCUT2D eigenvalue weighted by atomic mass is 35.5. The minimum atomic E-state index is -0.909. The first-order valence-corrected chi connectivity index (χ1v) is 3.76. The molecule has 1 aliphatic rings. The number of hydrogen-bond donors (Lipinski definition) is 0. The molecule has 0 fully saturated rings. The zero-order valence-corrected chi connectivity index (χ0v) is 7.12. The summed E-state index contributed by atoms with van der Waals surface area (Å²) in [5.74, 6) is 4.94. The van der Waals surface area contributed by atoms with Gasteiger partial charge in [-0.2, -0.15) is 0 Å². The number of hydrogen-bond acceptors (Lipinski definition) is 3. The maximum Gasteiger partial charge on any atom is 0.279 e. The van der Waals surface area contributed by atoms with Gasteiger partial charge in [-0.1, -0.05) is 11.8 Å². The van der Waals surface area contributed by atoms with E-state index in [0.717, 1.165) is 0 Å². The van der Waals surface area contributed by atoms with Gasteiger partial charge in [0.2, 0.25) is 0 Å². The van der Waals surface area contributed by atoms with Gasteiger partial charge in [-0.25, -0.2) is 0 Å². The fraction of sp³-hybridized carbons (Fsp3) is 0.125. The first-order valence-electron chi connectivity index (χ1n) is 3.32. The molecule has 0 amide bonds. The van der Waals surface area contributed by atoms with E-state index in [1.807, 2.05) is 0 Å². The fourth-order valence-electron chi connectivity index (χ4n) is 0.832. The fourth-order valence-corrected chi connectivity index (χ4v) is 1.06. The van der Waals surface area contributed by atoms with Crippen LogP contribution in [0.3, 0.4) is 0 Å². The number of nitro groups is 1. The number of carbonyl (C=O) groups is 1. The van der Waals surface area contributed by atoms with E-state index in [4.69, 9.17) is 11.6 Å². The molecule has 66 valence electrons. The van der Waals surface area contributed by atoms with Crippen molar-refractivity contribution in [2.75, 3.05) is 0 Å². The standard InChI is InChI=1S/C8H4ClNO3/c9-7-3-1-2-4-8(10(12)13)6(7)5-11/h2,4-5,7H. The van der Waals surface area contributed by atoms with Crippen molar-refractivity contribution in [2.24, 2.45) is 0 Å². The largest absolute Gasteiger partial charge is 0.298 e. The number of alkyl halides is 1. The molecule has 0 bridgehead atoms. The summed E-state index contributed by atoms with van der Waals surface area (Å²) >= 11 is 5.62. The van der Waals surface area contributed by atoms with Gasteiger partial charge in [0.1, 0.15) is 5.38 Å². The molecule has 0 aliphatic heterocycles. The molecule has 0 heterocycles. The topological polar surface area (TPSA) is 60.2 Å². The Kier molecular flexibility index (Phi) is 2.83. The Balaban J connectivity index is 3.25. The Morgan fingerprint density at radius 3 is 2.92 bits per heavy atom. The molecule has 1 atom stereocenters. The maximum absolute atomic E-state index is 10.5. The SMILES string of the molecule is O=CC1=C([N+](=O)[O-])C=CC#CC1Cl. The maximum atomic E-state index is 10.5. The zero-order chi connectivity index (χ0) is 9.84. The minimum absolute atomic E-state index is 0.104. The lowest BCUT2D eigenvalue weighted by Crippen LogP contribution is -2.09. The van der Waals surface area contributed by atoms with Gasteiger partial charge in [-0.15, -0.1) is 11.6 Å². The van der Waals surface area contributed by atoms with Crippen LogP contribution < -0.4 is 0 Å². The Morgan fingerprint density at radius 2 is 2.38 bits per heavy atom. The number of halogens is 1. The molecular weight excluding hydrogens is 194 g/mol. The molecule has 0 aromatic heterocycles. The number of carbonyl (C=O) groups excluding carboxylic acids is 1. The van der Waals surface area contributed by atoms with Crippen molar-refractivity contribution in [3.63, 3.8) is 0 Å². The van der Waals surface area contributed by atoms with Crippen molar-refractivity contribution >= 4 is 17.9 Å². The monoisotopic (exact) mass is 197 g/mol. The van der Waals surface area contributed by atoms with Crippen LogP contribution in [0.15, 0.2) is 23.4 Å². The van der Waals surface area contributed by atoms with E-state index in [0.29, 0.717) is 6.29 Å². The van der Waals surface area contributed by atoms with E-state index in [1.54, 1.807) is 0 Å². The van der Waals surface area contributed by atoms with E-state index >= 15 is 0 Å². The van der Waals surface area contributed by atoms with Gasteiger partial charge in [0.15, 0.2) is 6.29 Å². The lowest BCUT2D eigenvalue weighted by molar-refractivity contribution is -0.419. The van der Waals surface area contributed by atoms with E-state index in [1.165, 1.54) is 12.2 Å². The Bertz CT molecular complexity index is 373. The second-order valence-corrected chi connectivity index (χ2v) is 2.64. The van der Waals surface area contributed by atoms with Crippen LogP contribution in [-0.2, 0) is 4.79 Å². The van der Waals surface area contributed by atoms with Crippen LogP contribution in [0.5, 0.6) is 0 Å². The van der Waals surface area contributed by atoms with Crippen LogP contribution in [-0.4, -0.2) is 16.6 Å². The molecule has 0 N–H and O–H groups in total. The smallest absolute Gasteiger partial charge is 0.279 e. The van der Waals surface area contributed by atoms with Crippen molar-refractivity contribution < 1.29 is 9.72 Å². The Labute approximate surface area is 79.0 Å². The van der Waals surface area contributed by atoms with Gasteiger partial charge in [0, 0.05) is 6.08 Å². The van der Waals surface area contributed by atoms with Crippen molar-refractivity contribution in [1.82, 2.24) is 0 Å². The normalized spacial score (nSPS) is 20.2. The van der Waals surface area contributed by atoms with Gasteiger partial charge in [0.05, 0.1) is 10.5 Å². The third kappa shape index (κ3) is 1.95. The summed E-state index contributed by atoms with van der Waals surface area (Å²) in [5, 5.41) is 9.54. The third-order valence-corrected chi connectivity index (χ3v) is 1.77. The summed E-state index contributed by atoms with van der Waals surface area (Å²) in [5.41, 5.74) is -0.416. The predicted molar refractivity (Wildman–Crippen MR) is 46.6 cm³/mol. The van der Waals surface area contributed by atoms with E-state index < -0.39 is 10.3 Å².